The molecule has 0 aliphatic heterocycles. The number of carbonyl (C=O) groups is 2. The molecule has 2 amide bonds. The molecule has 3 aromatic carbocycles. The Bertz CT molecular complexity index is 1270. The molecule has 3 aromatic rings. The molecular formula is C28H33N3O5S. The van der Waals surface area contributed by atoms with Crippen molar-refractivity contribution >= 4 is 21.8 Å². The van der Waals surface area contributed by atoms with Gasteiger partial charge in [0.05, 0.1) is 19.9 Å². The van der Waals surface area contributed by atoms with Crippen molar-refractivity contribution in [1.82, 2.24) is 14.5 Å². The van der Waals surface area contributed by atoms with Gasteiger partial charge in [-0.25, -0.2) is 8.42 Å². The van der Waals surface area contributed by atoms with Crippen LogP contribution in [0.4, 0.5) is 0 Å². The molecule has 0 fully saturated rings. The first-order valence-corrected chi connectivity index (χ1v) is 13.8. The average Bonchev–Trinajstić information content (AvgIpc) is 2.90. The Hall–Kier alpha value is -3.69. The van der Waals surface area contributed by atoms with Crippen LogP contribution in [-0.4, -0.2) is 55.4 Å². The highest BCUT2D eigenvalue weighted by Gasteiger charge is 2.29. The van der Waals surface area contributed by atoms with Crippen molar-refractivity contribution in [3.63, 3.8) is 0 Å². The molecule has 8 nitrogen and oxygen atoms in total. The number of amides is 2. The maximum Gasteiger partial charge on any atom is 0.242 e. The van der Waals surface area contributed by atoms with Crippen molar-refractivity contribution in [2.75, 3.05) is 19.9 Å². The monoisotopic (exact) mass is 523 g/mol. The van der Waals surface area contributed by atoms with E-state index in [-0.39, 0.29) is 25.5 Å². The van der Waals surface area contributed by atoms with E-state index in [9.17, 15) is 18.0 Å². The van der Waals surface area contributed by atoms with Gasteiger partial charge in [-0.15, -0.1) is 0 Å². The van der Waals surface area contributed by atoms with Crippen molar-refractivity contribution < 1.29 is 22.7 Å². The van der Waals surface area contributed by atoms with Crippen molar-refractivity contribution in [2.24, 2.45) is 0 Å². The standard InChI is InChI=1S/C28H33N3O5S/c1-22(28(33)29-18-23-10-6-4-7-11-23)31(20-25-14-16-26(36-2)17-15-25)27(32)21-30(37(3,34)35)19-24-12-8-5-9-13-24/h4-17,22H,18-21H2,1-3H3,(H,29,33)/t22-/m1/s1. The summed E-state index contributed by atoms with van der Waals surface area (Å²) in [7, 11) is -2.13. The summed E-state index contributed by atoms with van der Waals surface area (Å²) in [5.74, 6) is -0.138. The molecule has 0 bridgehead atoms. The van der Waals surface area contributed by atoms with E-state index in [1.165, 1.54) is 4.90 Å². The van der Waals surface area contributed by atoms with Crippen LogP contribution in [-0.2, 0) is 39.2 Å². The highest BCUT2D eigenvalue weighted by Crippen LogP contribution is 2.16. The van der Waals surface area contributed by atoms with Crippen LogP contribution in [0.25, 0.3) is 0 Å². The molecule has 0 aliphatic rings. The first kappa shape index (κ1) is 27.9. The number of hydrogen-bond acceptors (Lipinski definition) is 5. The third-order valence-corrected chi connectivity index (χ3v) is 7.17. The predicted molar refractivity (Wildman–Crippen MR) is 143 cm³/mol. The van der Waals surface area contributed by atoms with Crippen molar-refractivity contribution in [1.29, 1.82) is 0 Å². The molecule has 3 rings (SSSR count). The van der Waals surface area contributed by atoms with Gasteiger partial charge in [-0.05, 0) is 35.7 Å². The van der Waals surface area contributed by atoms with Crippen LogP contribution in [0, 0.1) is 0 Å². The van der Waals surface area contributed by atoms with Crippen LogP contribution < -0.4 is 10.1 Å². The van der Waals surface area contributed by atoms with Crippen LogP contribution in [0.5, 0.6) is 5.75 Å². The zero-order valence-corrected chi connectivity index (χ0v) is 22.1. The van der Waals surface area contributed by atoms with E-state index >= 15 is 0 Å². The van der Waals surface area contributed by atoms with Crippen molar-refractivity contribution in [3.8, 4) is 5.75 Å². The van der Waals surface area contributed by atoms with Crippen LogP contribution in [0.15, 0.2) is 84.9 Å². The molecule has 0 unspecified atom stereocenters. The molecule has 9 heteroatoms. The number of nitrogens with one attached hydrogen (secondary N) is 1. The summed E-state index contributed by atoms with van der Waals surface area (Å²) in [4.78, 5) is 28.0. The number of ether oxygens (including phenoxy) is 1. The third-order valence-electron chi connectivity index (χ3n) is 5.97. The minimum atomic E-state index is -3.70. The maximum absolute atomic E-state index is 13.6. The molecule has 0 aromatic heterocycles. The number of carbonyl (C=O) groups excluding carboxylic acids is 2. The van der Waals surface area contributed by atoms with Crippen molar-refractivity contribution in [3.05, 3.63) is 102 Å². The predicted octanol–water partition coefficient (Wildman–Crippen LogP) is 3.19. The lowest BCUT2D eigenvalue weighted by atomic mass is 10.1. The molecule has 1 atom stereocenters. The SMILES string of the molecule is COc1ccc(CN(C(=O)CN(Cc2ccccc2)S(C)(=O)=O)[C@H](C)C(=O)NCc2ccccc2)cc1. The van der Waals surface area contributed by atoms with Gasteiger partial charge in [0.25, 0.3) is 0 Å². The quantitative estimate of drug-likeness (QED) is 0.393. The Labute approximate surface area is 218 Å². The Morgan fingerprint density at radius 3 is 1.92 bits per heavy atom. The summed E-state index contributed by atoms with van der Waals surface area (Å²) < 4.78 is 31.4. The van der Waals surface area contributed by atoms with Crippen LogP contribution in [0.3, 0.4) is 0 Å². The summed E-state index contributed by atoms with van der Waals surface area (Å²) in [5.41, 5.74) is 2.48. The Balaban J connectivity index is 1.81. The Kier molecular flexibility index (Phi) is 9.82. The Morgan fingerprint density at radius 2 is 1.38 bits per heavy atom. The van der Waals surface area contributed by atoms with Crippen LogP contribution in [0.2, 0.25) is 0 Å². The van der Waals surface area contributed by atoms with E-state index in [0.29, 0.717) is 12.3 Å². The second kappa shape index (κ2) is 13.0. The highest BCUT2D eigenvalue weighted by atomic mass is 32.2. The number of sulfonamides is 1. The summed E-state index contributed by atoms with van der Waals surface area (Å²) >= 11 is 0. The average molecular weight is 524 g/mol. The van der Waals surface area contributed by atoms with Gasteiger partial charge in [0, 0.05) is 19.6 Å². The van der Waals surface area contributed by atoms with E-state index in [4.69, 9.17) is 4.74 Å². The van der Waals surface area contributed by atoms with Gasteiger partial charge in [0.2, 0.25) is 21.8 Å². The summed E-state index contributed by atoms with van der Waals surface area (Å²) in [6.07, 6.45) is 1.08. The minimum Gasteiger partial charge on any atom is -0.497 e. The number of nitrogens with zero attached hydrogens (tertiary/aromatic N) is 2. The first-order chi connectivity index (χ1) is 17.7. The lowest BCUT2D eigenvalue weighted by molar-refractivity contribution is -0.140. The number of hydrogen-bond donors (Lipinski definition) is 1. The van der Waals surface area contributed by atoms with Crippen molar-refractivity contribution in [2.45, 2.75) is 32.6 Å². The molecule has 196 valence electrons. The molecule has 0 spiro atoms. The summed E-state index contributed by atoms with van der Waals surface area (Å²) in [6, 6.07) is 24.9. The van der Waals surface area contributed by atoms with Crippen LogP contribution in [0.1, 0.15) is 23.6 Å². The molecular weight excluding hydrogens is 490 g/mol. The van der Waals surface area contributed by atoms with Gasteiger partial charge >= 0.3 is 0 Å². The fraction of sp³-hybridized carbons (Fsp3) is 0.286. The topological polar surface area (TPSA) is 96.0 Å². The number of methoxy groups -OCH3 is 1. The summed E-state index contributed by atoms with van der Waals surface area (Å²) in [5, 5.41) is 2.88. The Morgan fingerprint density at radius 1 is 0.838 bits per heavy atom. The molecule has 0 aliphatic carbocycles. The van der Waals surface area contributed by atoms with E-state index < -0.39 is 22.0 Å². The molecule has 0 saturated heterocycles. The van der Waals surface area contributed by atoms with Gasteiger partial charge < -0.3 is 15.0 Å². The van der Waals surface area contributed by atoms with E-state index in [1.807, 2.05) is 60.7 Å². The lowest BCUT2D eigenvalue weighted by Crippen LogP contribution is -2.50. The molecule has 37 heavy (non-hydrogen) atoms. The van der Waals surface area contributed by atoms with E-state index in [0.717, 1.165) is 27.3 Å². The minimum absolute atomic E-state index is 0.0520. The van der Waals surface area contributed by atoms with Gasteiger partial charge in [-0.1, -0.05) is 72.8 Å². The molecule has 0 saturated carbocycles. The number of benzene rings is 3. The number of rotatable bonds is 12. The van der Waals surface area contributed by atoms with Gasteiger partial charge in [0.1, 0.15) is 11.8 Å². The third kappa shape index (κ3) is 8.44. The summed E-state index contributed by atoms with van der Waals surface area (Å²) in [6.45, 7) is 1.75. The van der Waals surface area contributed by atoms with Gasteiger partial charge in [-0.2, -0.15) is 4.31 Å². The van der Waals surface area contributed by atoms with E-state index in [1.54, 1.807) is 38.3 Å². The second-order valence-corrected chi connectivity index (χ2v) is 10.7. The molecule has 0 heterocycles. The lowest BCUT2D eigenvalue weighted by Gasteiger charge is -2.31. The molecule has 1 N–H and O–H groups in total. The fourth-order valence-corrected chi connectivity index (χ4v) is 4.49. The fourth-order valence-electron chi connectivity index (χ4n) is 3.76. The second-order valence-electron chi connectivity index (χ2n) is 8.77. The maximum atomic E-state index is 13.6. The smallest absolute Gasteiger partial charge is 0.242 e. The van der Waals surface area contributed by atoms with Gasteiger partial charge in [0.15, 0.2) is 0 Å². The molecule has 0 radical (unpaired) electrons. The zero-order valence-electron chi connectivity index (χ0n) is 21.3. The van der Waals surface area contributed by atoms with Crippen LogP contribution >= 0.6 is 0 Å². The largest absolute Gasteiger partial charge is 0.497 e. The van der Waals surface area contributed by atoms with Gasteiger partial charge in [-0.3, -0.25) is 9.59 Å². The first-order valence-electron chi connectivity index (χ1n) is 11.9. The highest BCUT2D eigenvalue weighted by molar-refractivity contribution is 7.88. The normalized spacial score (nSPS) is 12.1. The zero-order chi connectivity index (χ0) is 26.8. The van der Waals surface area contributed by atoms with E-state index in [2.05, 4.69) is 5.32 Å².